The fraction of sp³-hybridized carbons (Fsp3) is 0.222. The highest BCUT2D eigenvalue weighted by Crippen LogP contribution is 2.15. The zero-order valence-corrected chi connectivity index (χ0v) is 15.8. The Kier molecular flexibility index (Phi) is 6.54. The number of amides is 3. The third kappa shape index (κ3) is 6.08. The van der Waals surface area contributed by atoms with Gasteiger partial charge < -0.3 is 16.0 Å². The Bertz CT molecular complexity index is 914. The van der Waals surface area contributed by atoms with Gasteiger partial charge >= 0.3 is 6.03 Å². The number of carbonyl (C=O) groups excluding carboxylic acids is 2. The van der Waals surface area contributed by atoms with Gasteiger partial charge in [-0.1, -0.05) is 38.1 Å². The second-order valence-corrected chi connectivity index (χ2v) is 7.81. The summed E-state index contributed by atoms with van der Waals surface area (Å²) in [6, 6.07) is 13.1. The Hall–Kier alpha value is -2.91. The van der Waals surface area contributed by atoms with E-state index in [-0.39, 0.29) is 16.5 Å². The fourth-order valence-corrected chi connectivity index (χ4v) is 2.90. The summed E-state index contributed by atoms with van der Waals surface area (Å²) >= 11 is 0. The first-order chi connectivity index (χ1) is 12.7. The maximum atomic E-state index is 12.6. The lowest BCUT2D eigenvalue weighted by molar-refractivity contribution is -0.118. The van der Waals surface area contributed by atoms with Crippen molar-refractivity contribution in [1.82, 2.24) is 5.32 Å². The molecule has 2 aromatic rings. The van der Waals surface area contributed by atoms with Gasteiger partial charge in [0.2, 0.25) is 15.9 Å². The molecule has 144 valence electrons. The van der Waals surface area contributed by atoms with Crippen LogP contribution in [0.3, 0.4) is 0 Å². The minimum atomic E-state index is -3.88. The molecule has 0 radical (unpaired) electrons. The average Bonchev–Trinajstić information content (AvgIpc) is 2.59. The lowest BCUT2D eigenvalue weighted by atomic mass is 10.0. The number of anilines is 2. The number of primary sulfonamides is 1. The molecule has 1 unspecified atom stereocenters. The van der Waals surface area contributed by atoms with Gasteiger partial charge in [-0.2, -0.15) is 0 Å². The molecule has 0 heterocycles. The Labute approximate surface area is 158 Å². The summed E-state index contributed by atoms with van der Waals surface area (Å²) in [5.41, 5.74) is 0.862. The van der Waals surface area contributed by atoms with E-state index in [0.29, 0.717) is 5.69 Å². The second kappa shape index (κ2) is 8.65. The van der Waals surface area contributed by atoms with Crippen molar-refractivity contribution >= 4 is 33.3 Å². The summed E-state index contributed by atoms with van der Waals surface area (Å²) in [6.45, 7) is 3.57. The van der Waals surface area contributed by atoms with E-state index in [1.807, 2.05) is 6.07 Å². The zero-order chi connectivity index (χ0) is 20.0. The van der Waals surface area contributed by atoms with E-state index < -0.39 is 28.0 Å². The van der Waals surface area contributed by atoms with Crippen LogP contribution < -0.4 is 21.1 Å². The minimum Gasteiger partial charge on any atom is -0.326 e. The van der Waals surface area contributed by atoms with E-state index in [4.69, 9.17) is 5.14 Å². The van der Waals surface area contributed by atoms with E-state index >= 15 is 0 Å². The van der Waals surface area contributed by atoms with Crippen LogP contribution in [0.5, 0.6) is 0 Å². The van der Waals surface area contributed by atoms with Crippen molar-refractivity contribution < 1.29 is 18.0 Å². The first kappa shape index (κ1) is 20.4. The molecule has 3 amide bonds. The molecular weight excluding hydrogens is 368 g/mol. The molecule has 0 fully saturated rings. The number of urea groups is 1. The predicted octanol–water partition coefficient (Wildman–Crippen LogP) is 2.12. The van der Waals surface area contributed by atoms with Crippen molar-refractivity contribution in [3.63, 3.8) is 0 Å². The SMILES string of the molecule is CC(C)C(NC(=O)Nc1ccccc1)C(=O)Nc1cccc(S(N)(=O)=O)c1. The number of para-hydroxylation sites is 1. The summed E-state index contributed by atoms with van der Waals surface area (Å²) in [5, 5.41) is 13.0. The molecule has 0 aliphatic heterocycles. The quantitative estimate of drug-likeness (QED) is 0.602. The van der Waals surface area contributed by atoms with Crippen molar-refractivity contribution in [3.8, 4) is 0 Å². The molecule has 8 nitrogen and oxygen atoms in total. The largest absolute Gasteiger partial charge is 0.326 e. The number of nitrogens with two attached hydrogens (primary N) is 1. The molecule has 0 spiro atoms. The highest BCUT2D eigenvalue weighted by molar-refractivity contribution is 7.89. The number of sulfonamides is 1. The lowest BCUT2D eigenvalue weighted by Crippen LogP contribution is -2.48. The monoisotopic (exact) mass is 390 g/mol. The molecule has 0 aromatic heterocycles. The predicted molar refractivity (Wildman–Crippen MR) is 104 cm³/mol. The fourth-order valence-electron chi connectivity index (χ4n) is 2.34. The van der Waals surface area contributed by atoms with E-state index in [1.165, 1.54) is 24.3 Å². The number of benzene rings is 2. The van der Waals surface area contributed by atoms with Crippen LogP contribution >= 0.6 is 0 Å². The second-order valence-electron chi connectivity index (χ2n) is 6.25. The average molecular weight is 390 g/mol. The topological polar surface area (TPSA) is 130 Å². The summed E-state index contributed by atoms with van der Waals surface area (Å²) in [5.74, 6) is -0.673. The van der Waals surface area contributed by atoms with Gasteiger partial charge in [0, 0.05) is 11.4 Å². The van der Waals surface area contributed by atoms with Crippen LogP contribution in [-0.2, 0) is 14.8 Å². The Morgan fingerprint density at radius 3 is 2.15 bits per heavy atom. The number of rotatable bonds is 6. The van der Waals surface area contributed by atoms with Gasteiger partial charge in [0.25, 0.3) is 0 Å². The number of hydrogen-bond donors (Lipinski definition) is 4. The molecule has 2 rings (SSSR count). The highest BCUT2D eigenvalue weighted by Gasteiger charge is 2.24. The van der Waals surface area contributed by atoms with Crippen LogP contribution in [0, 0.1) is 5.92 Å². The molecule has 0 saturated heterocycles. The third-order valence-corrected chi connectivity index (χ3v) is 4.61. The van der Waals surface area contributed by atoms with E-state index in [2.05, 4.69) is 16.0 Å². The molecule has 0 aliphatic rings. The number of carbonyl (C=O) groups is 2. The molecule has 0 saturated carbocycles. The van der Waals surface area contributed by atoms with Gasteiger partial charge in [0.15, 0.2) is 0 Å². The first-order valence-corrected chi connectivity index (χ1v) is 9.78. The van der Waals surface area contributed by atoms with Gasteiger partial charge in [0.1, 0.15) is 6.04 Å². The molecule has 2 aromatic carbocycles. The third-order valence-electron chi connectivity index (χ3n) is 3.70. The molecule has 0 aliphatic carbocycles. The van der Waals surface area contributed by atoms with Gasteiger partial charge in [-0.25, -0.2) is 18.4 Å². The lowest BCUT2D eigenvalue weighted by Gasteiger charge is -2.22. The Morgan fingerprint density at radius 1 is 0.926 bits per heavy atom. The van der Waals surface area contributed by atoms with Gasteiger partial charge in [-0.15, -0.1) is 0 Å². The van der Waals surface area contributed by atoms with Crippen molar-refractivity contribution in [3.05, 3.63) is 54.6 Å². The standard InChI is InChI=1S/C18H22N4O4S/c1-12(2)16(22-18(24)21-13-7-4-3-5-8-13)17(23)20-14-9-6-10-15(11-14)27(19,25)26/h3-12,16H,1-2H3,(H,20,23)(H2,19,25,26)(H2,21,22,24). The molecular formula is C18H22N4O4S. The molecule has 5 N–H and O–H groups in total. The molecule has 9 heteroatoms. The molecule has 0 bridgehead atoms. The van der Waals surface area contributed by atoms with E-state index in [1.54, 1.807) is 38.1 Å². The highest BCUT2D eigenvalue weighted by atomic mass is 32.2. The normalized spacial score (nSPS) is 12.3. The Balaban J connectivity index is 2.08. The van der Waals surface area contributed by atoms with Crippen LogP contribution in [0.1, 0.15) is 13.8 Å². The van der Waals surface area contributed by atoms with Crippen LogP contribution in [-0.4, -0.2) is 26.4 Å². The minimum absolute atomic E-state index is 0.115. The Morgan fingerprint density at radius 2 is 1.56 bits per heavy atom. The summed E-state index contributed by atoms with van der Waals surface area (Å²) in [4.78, 5) is 24.6. The van der Waals surface area contributed by atoms with Crippen molar-refractivity contribution in [2.24, 2.45) is 11.1 Å². The van der Waals surface area contributed by atoms with Gasteiger partial charge in [0.05, 0.1) is 4.90 Å². The van der Waals surface area contributed by atoms with E-state index in [9.17, 15) is 18.0 Å². The number of hydrogen-bond acceptors (Lipinski definition) is 4. The maximum Gasteiger partial charge on any atom is 0.319 e. The number of nitrogens with one attached hydrogen (secondary N) is 3. The molecule has 1 atom stereocenters. The summed E-state index contributed by atoms with van der Waals surface area (Å²) < 4.78 is 22.9. The van der Waals surface area contributed by atoms with Crippen LogP contribution in [0.15, 0.2) is 59.5 Å². The maximum absolute atomic E-state index is 12.6. The van der Waals surface area contributed by atoms with Gasteiger partial charge in [-0.05, 0) is 36.2 Å². The van der Waals surface area contributed by atoms with Crippen LogP contribution in [0.4, 0.5) is 16.2 Å². The molecule has 27 heavy (non-hydrogen) atoms. The van der Waals surface area contributed by atoms with Crippen LogP contribution in [0.2, 0.25) is 0 Å². The van der Waals surface area contributed by atoms with Crippen LogP contribution in [0.25, 0.3) is 0 Å². The first-order valence-electron chi connectivity index (χ1n) is 8.23. The zero-order valence-electron chi connectivity index (χ0n) is 15.0. The van der Waals surface area contributed by atoms with Gasteiger partial charge in [-0.3, -0.25) is 4.79 Å². The summed E-state index contributed by atoms with van der Waals surface area (Å²) in [7, 11) is -3.88. The van der Waals surface area contributed by atoms with Crippen molar-refractivity contribution in [2.45, 2.75) is 24.8 Å². The van der Waals surface area contributed by atoms with Crippen molar-refractivity contribution in [1.29, 1.82) is 0 Å². The van der Waals surface area contributed by atoms with E-state index in [0.717, 1.165) is 0 Å². The summed E-state index contributed by atoms with van der Waals surface area (Å²) in [6.07, 6.45) is 0. The van der Waals surface area contributed by atoms with Crippen molar-refractivity contribution in [2.75, 3.05) is 10.6 Å². The smallest absolute Gasteiger partial charge is 0.319 e.